The van der Waals surface area contributed by atoms with Gasteiger partial charge in [-0.2, -0.15) is 0 Å². The molecular formula is C21H24ClN3O4S. The second kappa shape index (κ2) is 8.75. The first-order chi connectivity index (χ1) is 14.1. The molecule has 0 aliphatic carbocycles. The first-order valence-corrected chi connectivity index (χ1v) is 11.3. The van der Waals surface area contributed by atoms with Gasteiger partial charge in [0.2, 0.25) is 10.0 Å². The number of hydrogen-bond donors (Lipinski definition) is 0. The van der Waals surface area contributed by atoms with Crippen LogP contribution in [0.3, 0.4) is 0 Å². The van der Waals surface area contributed by atoms with Gasteiger partial charge in [0.05, 0.1) is 27.4 Å². The van der Waals surface area contributed by atoms with Crippen molar-refractivity contribution in [1.29, 1.82) is 0 Å². The average Bonchev–Trinajstić information content (AvgIpc) is 3.05. The minimum Gasteiger partial charge on any atom is -0.425 e. The van der Waals surface area contributed by atoms with E-state index in [2.05, 4.69) is 4.98 Å². The molecule has 0 bridgehead atoms. The van der Waals surface area contributed by atoms with Crippen LogP contribution in [0.5, 0.6) is 5.75 Å². The van der Waals surface area contributed by atoms with Gasteiger partial charge in [0.15, 0.2) is 0 Å². The van der Waals surface area contributed by atoms with Gasteiger partial charge in [-0.1, -0.05) is 17.7 Å². The van der Waals surface area contributed by atoms with E-state index in [0.717, 1.165) is 11.1 Å². The third-order valence-electron chi connectivity index (χ3n) is 4.76. The number of esters is 1. The molecule has 9 heteroatoms. The number of nitrogens with zero attached hydrogens (tertiary/aromatic N) is 3. The van der Waals surface area contributed by atoms with Crippen molar-refractivity contribution in [1.82, 2.24) is 13.9 Å². The Morgan fingerprint density at radius 3 is 2.60 bits per heavy atom. The van der Waals surface area contributed by atoms with Crippen LogP contribution in [-0.4, -0.2) is 42.3 Å². The number of aryl methyl sites for hydroxylation is 3. The van der Waals surface area contributed by atoms with Gasteiger partial charge in [0, 0.05) is 27.1 Å². The van der Waals surface area contributed by atoms with Crippen LogP contribution in [0.25, 0.3) is 11.0 Å². The van der Waals surface area contributed by atoms with E-state index in [9.17, 15) is 13.2 Å². The van der Waals surface area contributed by atoms with E-state index < -0.39 is 16.0 Å². The van der Waals surface area contributed by atoms with Crippen LogP contribution in [0.1, 0.15) is 24.7 Å². The summed E-state index contributed by atoms with van der Waals surface area (Å²) >= 11 is 6.09. The molecule has 0 unspecified atom stereocenters. The summed E-state index contributed by atoms with van der Waals surface area (Å²) < 4.78 is 33.3. The number of rotatable bonds is 7. The zero-order valence-corrected chi connectivity index (χ0v) is 18.9. The first-order valence-electron chi connectivity index (χ1n) is 9.52. The van der Waals surface area contributed by atoms with E-state index in [1.54, 1.807) is 30.3 Å². The standard InChI is InChI=1S/C21H24ClN3O4S/c1-5-25-18-9-7-15(30(27,28)24(3)4)13-17(18)23-20(25)10-11-21(26)29-19-12-14(2)6-8-16(19)22/h6-9,12-13H,5,10-11H2,1-4H3. The highest BCUT2D eigenvalue weighted by Crippen LogP contribution is 2.26. The molecule has 0 aliphatic rings. The second-order valence-corrected chi connectivity index (χ2v) is 9.68. The van der Waals surface area contributed by atoms with Crippen molar-refractivity contribution in [3.05, 3.63) is 52.8 Å². The lowest BCUT2D eigenvalue weighted by molar-refractivity contribution is -0.134. The molecule has 30 heavy (non-hydrogen) atoms. The van der Waals surface area contributed by atoms with Crippen molar-refractivity contribution in [2.24, 2.45) is 0 Å². The fraction of sp³-hybridized carbons (Fsp3) is 0.333. The van der Waals surface area contributed by atoms with Gasteiger partial charge >= 0.3 is 5.97 Å². The second-order valence-electron chi connectivity index (χ2n) is 7.12. The summed E-state index contributed by atoms with van der Waals surface area (Å²) in [7, 11) is -0.574. The third kappa shape index (κ3) is 4.50. The molecule has 7 nitrogen and oxygen atoms in total. The lowest BCUT2D eigenvalue weighted by Crippen LogP contribution is -2.22. The molecule has 0 saturated heterocycles. The molecule has 0 fully saturated rings. The van der Waals surface area contributed by atoms with Crippen molar-refractivity contribution in [2.45, 2.75) is 38.1 Å². The van der Waals surface area contributed by atoms with E-state index in [-0.39, 0.29) is 11.3 Å². The molecule has 0 aliphatic heterocycles. The van der Waals surface area contributed by atoms with Crippen molar-refractivity contribution < 1.29 is 17.9 Å². The van der Waals surface area contributed by atoms with E-state index in [1.807, 2.05) is 24.5 Å². The van der Waals surface area contributed by atoms with Crippen LogP contribution in [0, 0.1) is 6.92 Å². The number of sulfonamides is 1. The van der Waals surface area contributed by atoms with Crippen LogP contribution < -0.4 is 4.74 Å². The Kier molecular flexibility index (Phi) is 6.50. The molecule has 2 aromatic carbocycles. The highest BCUT2D eigenvalue weighted by molar-refractivity contribution is 7.89. The Balaban J connectivity index is 1.82. The molecule has 0 radical (unpaired) electrons. The highest BCUT2D eigenvalue weighted by atomic mass is 35.5. The Bertz CT molecular complexity index is 1200. The largest absolute Gasteiger partial charge is 0.425 e. The summed E-state index contributed by atoms with van der Waals surface area (Å²) in [5.74, 6) is 0.622. The monoisotopic (exact) mass is 449 g/mol. The normalized spacial score (nSPS) is 11.9. The number of imidazole rings is 1. The number of benzene rings is 2. The van der Waals surface area contributed by atoms with Gasteiger partial charge in [0.1, 0.15) is 11.6 Å². The summed E-state index contributed by atoms with van der Waals surface area (Å²) in [5.41, 5.74) is 2.34. The Morgan fingerprint density at radius 2 is 1.93 bits per heavy atom. The zero-order chi connectivity index (χ0) is 22.1. The van der Waals surface area contributed by atoms with Gasteiger partial charge in [-0.05, 0) is 49.7 Å². The Labute approximate surface area is 181 Å². The molecule has 1 heterocycles. The van der Waals surface area contributed by atoms with Crippen LogP contribution in [0.15, 0.2) is 41.3 Å². The topological polar surface area (TPSA) is 81.5 Å². The lowest BCUT2D eigenvalue weighted by Gasteiger charge is -2.11. The van der Waals surface area contributed by atoms with Crippen molar-refractivity contribution >= 4 is 38.6 Å². The van der Waals surface area contributed by atoms with Crippen molar-refractivity contribution in [3.8, 4) is 5.75 Å². The van der Waals surface area contributed by atoms with Crippen LogP contribution in [-0.2, 0) is 27.8 Å². The molecular weight excluding hydrogens is 426 g/mol. The van der Waals surface area contributed by atoms with Crippen LogP contribution in [0.4, 0.5) is 0 Å². The van der Waals surface area contributed by atoms with Gasteiger partial charge in [-0.15, -0.1) is 0 Å². The molecule has 3 rings (SSSR count). The minimum absolute atomic E-state index is 0.121. The number of ether oxygens (including phenoxy) is 1. The number of aromatic nitrogens is 2. The van der Waals surface area contributed by atoms with E-state index >= 15 is 0 Å². The van der Waals surface area contributed by atoms with Crippen molar-refractivity contribution in [3.63, 3.8) is 0 Å². The number of hydrogen-bond acceptors (Lipinski definition) is 5. The molecule has 3 aromatic rings. The average molecular weight is 450 g/mol. The van der Waals surface area contributed by atoms with Gasteiger partial charge in [-0.3, -0.25) is 4.79 Å². The summed E-state index contributed by atoms with van der Waals surface area (Å²) in [5, 5.41) is 0.379. The number of fused-ring (bicyclic) bond motifs is 1. The Hall–Kier alpha value is -2.42. The molecule has 0 spiro atoms. The lowest BCUT2D eigenvalue weighted by atomic mass is 10.2. The third-order valence-corrected chi connectivity index (χ3v) is 6.88. The number of carbonyl (C=O) groups is 1. The predicted molar refractivity (Wildman–Crippen MR) is 116 cm³/mol. The van der Waals surface area contributed by atoms with Crippen LogP contribution >= 0.6 is 11.6 Å². The first kappa shape index (κ1) is 22.3. The maximum atomic E-state index is 12.4. The SMILES string of the molecule is CCn1c(CCC(=O)Oc2cc(C)ccc2Cl)nc2cc(S(=O)(=O)N(C)C)ccc21. The molecule has 0 saturated carbocycles. The van der Waals surface area contributed by atoms with Gasteiger partial charge < -0.3 is 9.30 Å². The highest BCUT2D eigenvalue weighted by Gasteiger charge is 2.20. The molecule has 0 N–H and O–H groups in total. The predicted octanol–water partition coefficient (Wildman–Crippen LogP) is 3.81. The molecule has 0 amide bonds. The molecule has 160 valence electrons. The quantitative estimate of drug-likeness (QED) is 0.404. The van der Waals surface area contributed by atoms with Crippen LogP contribution in [0.2, 0.25) is 5.02 Å². The van der Waals surface area contributed by atoms with Gasteiger partial charge in [-0.25, -0.2) is 17.7 Å². The maximum Gasteiger partial charge on any atom is 0.311 e. The van der Waals surface area contributed by atoms with E-state index in [1.165, 1.54) is 18.4 Å². The fourth-order valence-corrected chi connectivity index (χ4v) is 4.23. The summed E-state index contributed by atoms with van der Waals surface area (Å²) in [6.45, 7) is 4.51. The van der Waals surface area contributed by atoms with E-state index in [0.29, 0.717) is 35.1 Å². The Morgan fingerprint density at radius 1 is 1.20 bits per heavy atom. The fourth-order valence-electron chi connectivity index (χ4n) is 3.15. The minimum atomic E-state index is -3.55. The van der Waals surface area contributed by atoms with E-state index in [4.69, 9.17) is 16.3 Å². The maximum absolute atomic E-state index is 12.4. The number of halogens is 1. The smallest absolute Gasteiger partial charge is 0.311 e. The summed E-state index contributed by atoms with van der Waals surface area (Å²) in [6, 6.07) is 10.1. The summed E-state index contributed by atoms with van der Waals surface area (Å²) in [4.78, 5) is 17.1. The molecule has 1 aromatic heterocycles. The number of carbonyl (C=O) groups excluding carboxylic acids is 1. The molecule has 0 atom stereocenters. The zero-order valence-electron chi connectivity index (χ0n) is 17.3. The summed E-state index contributed by atoms with van der Waals surface area (Å²) in [6.07, 6.45) is 0.483. The van der Waals surface area contributed by atoms with Crippen molar-refractivity contribution in [2.75, 3.05) is 14.1 Å². The van der Waals surface area contributed by atoms with Gasteiger partial charge in [0.25, 0.3) is 0 Å².